The minimum atomic E-state index is -1.02. The van der Waals surface area contributed by atoms with Crippen molar-refractivity contribution in [2.75, 3.05) is 4.61 Å². The fourth-order valence-electron chi connectivity index (χ4n) is 0.0630. The summed E-state index contributed by atoms with van der Waals surface area (Å²) in [6.45, 7) is 0. The van der Waals surface area contributed by atoms with Crippen LogP contribution in [-0.2, 0) is 9.88 Å². The van der Waals surface area contributed by atoms with E-state index < -0.39 is 5.09 Å². The van der Waals surface area contributed by atoms with Gasteiger partial charge in [0.2, 0.25) is 0 Å². The summed E-state index contributed by atoms with van der Waals surface area (Å²) in [5.74, 6) is 0. The van der Waals surface area contributed by atoms with Crippen LogP contribution in [-0.4, -0.2) is 9.70 Å². The number of nitrogens with zero attached hydrogens (tertiary/aromatic N) is 1. The zero-order valence-corrected chi connectivity index (χ0v) is 5.32. The molecule has 0 saturated heterocycles. The maximum Gasteiger partial charge on any atom is 0.322 e. The second-order valence-electron chi connectivity index (χ2n) is 0.525. The summed E-state index contributed by atoms with van der Waals surface area (Å²) in [7, 11) is 0. The van der Waals surface area contributed by atoms with Gasteiger partial charge in [-0.3, -0.25) is 0 Å². The molecule has 5 nitrogen and oxygen atoms in total. The largest absolute Gasteiger partial charge is 0.322 e. The van der Waals surface area contributed by atoms with Gasteiger partial charge in [0.25, 0.3) is 0 Å². The lowest BCUT2D eigenvalue weighted by Crippen LogP contribution is -1.99. The van der Waals surface area contributed by atoms with Crippen molar-refractivity contribution in [3.05, 3.63) is 10.1 Å². The van der Waals surface area contributed by atoms with Gasteiger partial charge in [-0.2, -0.15) is 4.89 Å². The second-order valence-corrected chi connectivity index (χ2v) is 1.15. The first-order valence-corrected chi connectivity index (χ1v) is 2.80. The highest BCUT2D eigenvalue weighted by molar-refractivity contribution is 14.1. The van der Waals surface area contributed by atoms with Gasteiger partial charge in [-0.05, 0) is 0 Å². The summed E-state index contributed by atoms with van der Waals surface area (Å²) in [6.07, 6.45) is 0. The first-order chi connectivity index (χ1) is 3.27. The summed E-state index contributed by atoms with van der Waals surface area (Å²) in [6, 6.07) is 0. The topological polar surface area (TPSA) is 61.6 Å². The first-order valence-electron chi connectivity index (χ1n) is 1.27. The summed E-state index contributed by atoms with van der Waals surface area (Å²) >= 11 is 1.77. The Morgan fingerprint density at radius 3 is 2.57 bits per heavy atom. The zero-order valence-electron chi connectivity index (χ0n) is 3.17. The van der Waals surface area contributed by atoms with Crippen LogP contribution in [0.25, 0.3) is 0 Å². The monoisotopic (exact) mass is 219 g/mol. The van der Waals surface area contributed by atoms with Gasteiger partial charge < -0.3 is 0 Å². The molecule has 0 saturated carbocycles. The molecule has 0 N–H and O–H groups in total. The van der Waals surface area contributed by atoms with E-state index in [1.807, 2.05) is 0 Å². The van der Waals surface area contributed by atoms with Crippen molar-refractivity contribution in [3.8, 4) is 0 Å². The van der Waals surface area contributed by atoms with Crippen molar-refractivity contribution in [1.29, 1.82) is 0 Å². The van der Waals surface area contributed by atoms with E-state index in [1.54, 1.807) is 22.6 Å². The minimum Gasteiger partial charge on any atom is -0.188 e. The number of alkyl halides is 1. The summed E-state index contributed by atoms with van der Waals surface area (Å²) in [5.41, 5.74) is 0. The van der Waals surface area contributed by atoms with Crippen LogP contribution in [0.2, 0.25) is 0 Å². The van der Waals surface area contributed by atoms with Gasteiger partial charge in [0, 0.05) is 0 Å². The Bertz CT molecular complexity index is 64.7. The highest BCUT2D eigenvalue weighted by Gasteiger charge is 1.89. The molecule has 0 heterocycles. The van der Waals surface area contributed by atoms with Gasteiger partial charge in [0.1, 0.15) is 4.61 Å². The average molecular weight is 219 g/mol. The predicted octanol–water partition coefficient (Wildman–Crippen LogP) is 0.519. The fraction of sp³-hybridized carbons (Fsp3) is 1.00. The highest BCUT2D eigenvalue weighted by Crippen LogP contribution is 1.83. The summed E-state index contributed by atoms with van der Waals surface area (Å²) in [5, 5.41) is 8.20. The standard InChI is InChI=1S/CH2INO4/c2-1-6-7-3(4)5/h1H2. The van der Waals surface area contributed by atoms with Gasteiger partial charge in [-0.1, -0.05) is 22.6 Å². The molecule has 0 aromatic rings. The molecule has 0 rings (SSSR count). The molecule has 7 heavy (non-hydrogen) atoms. The third kappa shape index (κ3) is 5.89. The van der Waals surface area contributed by atoms with Crippen LogP contribution >= 0.6 is 22.6 Å². The van der Waals surface area contributed by atoms with Crippen LogP contribution in [0, 0.1) is 10.1 Å². The average Bonchev–Trinajstić information content (AvgIpc) is 1.61. The van der Waals surface area contributed by atoms with Crippen LogP contribution in [0.4, 0.5) is 0 Å². The van der Waals surface area contributed by atoms with E-state index in [2.05, 4.69) is 9.88 Å². The molecule has 0 unspecified atom stereocenters. The molecular weight excluding hydrogens is 217 g/mol. The number of halogens is 1. The van der Waals surface area contributed by atoms with Crippen LogP contribution in [0.15, 0.2) is 0 Å². The van der Waals surface area contributed by atoms with Gasteiger partial charge in [-0.15, -0.1) is 15.1 Å². The third-order valence-electron chi connectivity index (χ3n) is 0.158. The molecule has 0 bridgehead atoms. The fourth-order valence-corrected chi connectivity index (χ4v) is 0.177. The highest BCUT2D eigenvalue weighted by atomic mass is 127. The van der Waals surface area contributed by atoms with E-state index in [-0.39, 0.29) is 4.61 Å². The molecule has 0 aromatic carbocycles. The number of rotatable bonds is 3. The van der Waals surface area contributed by atoms with Crippen molar-refractivity contribution in [2.45, 2.75) is 0 Å². The van der Waals surface area contributed by atoms with Crippen molar-refractivity contribution < 1.29 is 15.0 Å². The molecule has 0 aromatic heterocycles. The van der Waals surface area contributed by atoms with E-state index in [0.717, 1.165) is 0 Å². The maximum absolute atomic E-state index is 9.21. The molecule has 0 aliphatic rings. The number of hydrogen-bond acceptors (Lipinski definition) is 4. The van der Waals surface area contributed by atoms with Crippen LogP contribution in [0.5, 0.6) is 0 Å². The second kappa shape index (κ2) is 4.06. The lowest BCUT2D eigenvalue weighted by atomic mass is 11.8. The molecule has 0 fully saturated rings. The van der Waals surface area contributed by atoms with Crippen molar-refractivity contribution in [2.24, 2.45) is 0 Å². The summed E-state index contributed by atoms with van der Waals surface area (Å²) in [4.78, 5) is 16.5. The molecule has 0 amide bonds. The van der Waals surface area contributed by atoms with E-state index in [4.69, 9.17) is 0 Å². The molecule has 6 heteroatoms. The SMILES string of the molecule is O=[N+]([O-])OOCI. The molecule has 0 aliphatic carbocycles. The van der Waals surface area contributed by atoms with Crippen molar-refractivity contribution in [1.82, 2.24) is 0 Å². The predicted molar refractivity (Wildman–Crippen MR) is 28.1 cm³/mol. The Balaban J connectivity index is 2.82. The third-order valence-corrected chi connectivity index (χ3v) is 0.412. The van der Waals surface area contributed by atoms with Crippen LogP contribution in [0.3, 0.4) is 0 Å². The Hall–Kier alpha value is -0.110. The van der Waals surface area contributed by atoms with Crippen LogP contribution in [0.1, 0.15) is 0 Å². The van der Waals surface area contributed by atoms with E-state index in [9.17, 15) is 10.1 Å². The molecule has 0 spiro atoms. The zero-order chi connectivity index (χ0) is 5.70. The van der Waals surface area contributed by atoms with E-state index in [0.29, 0.717) is 0 Å². The van der Waals surface area contributed by atoms with Gasteiger partial charge >= 0.3 is 5.09 Å². The Morgan fingerprint density at radius 1 is 1.86 bits per heavy atom. The first kappa shape index (κ1) is 6.89. The van der Waals surface area contributed by atoms with Gasteiger partial charge in [0.15, 0.2) is 0 Å². The summed E-state index contributed by atoms with van der Waals surface area (Å²) < 4.78 is 0.152. The lowest BCUT2D eigenvalue weighted by Gasteiger charge is -1.88. The Morgan fingerprint density at radius 2 is 2.43 bits per heavy atom. The van der Waals surface area contributed by atoms with E-state index in [1.165, 1.54) is 0 Å². The Kier molecular flexibility index (Phi) is 4.00. The smallest absolute Gasteiger partial charge is 0.188 e. The molecule has 0 atom stereocenters. The normalized spacial score (nSPS) is 8.14. The molecular formula is CH2INO4. The minimum absolute atomic E-state index is 0.152. The van der Waals surface area contributed by atoms with Crippen molar-refractivity contribution in [3.63, 3.8) is 0 Å². The van der Waals surface area contributed by atoms with E-state index >= 15 is 0 Å². The van der Waals surface area contributed by atoms with Gasteiger partial charge in [0.05, 0.1) is 0 Å². The lowest BCUT2D eigenvalue weighted by molar-refractivity contribution is -0.848. The quantitative estimate of drug-likeness (QED) is 0.228. The Labute approximate surface area is 52.8 Å². The van der Waals surface area contributed by atoms with Gasteiger partial charge in [-0.25, -0.2) is 0 Å². The molecule has 0 aliphatic heterocycles. The number of hydrogen-bond donors (Lipinski definition) is 0. The maximum atomic E-state index is 9.21. The molecule has 42 valence electrons. The molecule has 0 radical (unpaired) electrons. The van der Waals surface area contributed by atoms with Crippen LogP contribution < -0.4 is 0 Å². The van der Waals surface area contributed by atoms with Crippen molar-refractivity contribution >= 4 is 22.6 Å².